The molecule has 0 saturated carbocycles. The second-order valence-corrected chi connectivity index (χ2v) is 5.44. The summed E-state index contributed by atoms with van der Waals surface area (Å²) in [5.74, 6) is 2.46. The van der Waals surface area contributed by atoms with Crippen molar-refractivity contribution in [3.8, 4) is 45.4 Å². The first kappa shape index (κ1) is 17.5. The second-order valence-electron chi connectivity index (χ2n) is 5.44. The van der Waals surface area contributed by atoms with Crippen LogP contribution in [0.25, 0.3) is 22.4 Å². The normalized spacial score (nSPS) is 10.3. The standard InChI is InChI=1S/C20H20N2O4/c1-23-15-7-5-13(6-8-15)16-9-10-21-22-19(16)14-11-17(24-2)20(26-4)18(12-14)25-3/h5-12H,1-4H3. The molecule has 1 heterocycles. The van der Waals surface area contributed by atoms with E-state index in [1.807, 2.05) is 42.5 Å². The molecule has 0 bridgehead atoms. The number of benzene rings is 2. The highest BCUT2D eigenvalue weighted by Crippen LogP contribution is 2.42. The van der Waals surface area contributed by atoms with Crippen LogP contribution in [-0.2, 0) is 0 Å². The van der Waals surface area contributed by atoms with E-state index in [9.17, 15) is 0 Å². The van der Waals surface area contributed by atoms with Crippen LogP contribution in [0.4, 0.5) is 0 Å². The molecule has 0 fully saturated rings. The van der Waals surface area contributed by atoms with Gasteiger partial charge in [-0.1, -0.05) is 12.1 Å². The van der Waals surface area contributed by atoms with Crippen LogP contribution in [0.2, 0.25) is 0 Å². The van der Waals surface area contributed by atoms with E-state index in [4.69, 9.17) is 18.9 Å². The minimum absolute atomic E-state index is 0.536. The maximum atomic E-state index is 5.45. The Balaban J connectivity index is 2.16. The average molecular weight is 352 g/mol. The van der Waals surface area contributed by atoms with Gasteiger partial charge in [0.15, 0.2) is 11.5 Å². The molecule has 3 rings (SSSR count). The van der Waals surface area contributed by atoms with Gasteiger partial charge in [0, 0.05) is 11.1 Å². The first-order valence-corrected chi connectivity index (χ1v) is 7.98. The van der Waals surface area contributed by atoms with Crippen LogP contribution in [0.3, 0.4) is 0 Å². The van der Waals surface area contributed by atoms with Gasteiger partial charge in [0.05, 0.1) is 34.6 Å². The highest BCUT2D eigenvalue weighted by Gasteiger charge is 2.17. The van der Waals surface area contributed by atoms with Crippen LogP contribution in [0.1, 0.15) is 0 Å². The van der Waals surface area contributed by atoms with Gasteiger partial charge in [0.25, 0.3) is 0 Å². The zero-order chi connectivity index (χ0) is 18.5. The van der Waals surface area contributed by atoms with E-state index in [1.54, 1.807) is 34.6 Å². The van der Waals surface area contributed by atoms with E-state index < -0.39 is 0 Å². The van der Waals surface area contributed by atoms with Gasteiger partial charge >= 0.3 is 0 Å². The van der Waals surface area contributed by atoms with E-state index >= 15 is 0 Å². The minimum atomic E-state index is 0.536. The van der Waals surface area contributed by atoms with Crippen LogP contribution in [-0.4, -0.2) is 38.6 Å². The molecule has 3 aromatic rings. The van der Waals surface area contributed by atoms with E-state index in [2.05, 4.69) is 10.2 Å². The van der Waals surface area contributed by atoms with Crippen LogP contribution >= 0.6 is 0 Å². The number of nitrogens with zero attached hydrogens (tertiary/aromatic N) is 2. The van der Waals surface area contributed by atoms with Crippen molar-refractivity contribution in [3.05, 3.63) is 48.7 Å². The Morgan fingerprint density at radius 3 is 1.88 bits per heavy atom. The van der Waals surface area contributed by atoms with Gasteiger partial charge in [-0.2, -0.15) is 5.10 Å². The lowest BCUT2D eigenvalue weighted by molar-refractivity contribution is 0.324. The summed E-state index contributed by atoms with van der Waals surface area (Å²) in [7, 11) is 6.39. The molecular formula is C20H20N2O4. The Kier molecular flexibility index (Phi) is 5.22. The fourth-order valence-electron chi connectivity index (χ4n) is 2.77. The molecule has 0 spiro atoms. The molecule has 0 aliphatic heterocycles. The fraction of sp³-hybridized carbons (Fsp3) is 0.200. The zero-order valence-electron chi connectivity index (χ0n) is 15.1. The molecule has 134 valence electrons. The van der Waals surface area contributed by atoms with Crippen molar-refractivity contribution in [2.24, 2.45) is 0 Å². The Hall–Kier alpha value is -3.28. The quantitative estimate of drug-likeness (QED) is 0.672. The molecule has 0 unspecified atom stereocenters. The monoisotopic (exact) mass is 352 g/mol. The lowest BCUT2D eigenvalue weighted by Crippen LogP contribution is -1.98. The van der Waals surface area contributed by atoms with Gasteiger partial charge in [-0.3, -0.25) is 0 Å². The minimum Gasteiger partial charge on any atom is -0.497 e. The molecule has 2 aromatic carbocycles. The van der Waals surface area contributed by atoms with Crippen molar-refractivity contribution in [2.45, 2.75) is 0 Å². The van der Waals surface area contributed by atoms with E-state index in [-0.39, 0.29) is 0 Å². The maximum absolute atomic E-state index is 5.45. The van der Waals surface area contributed by atoms with Crippen LogP contribution in [0, 0.1) is 0 Å². The van der Waals surface area contributed by atoms with Crippen molar-refractivity contribution in [3.63, 3.8) is 0 Å². The van der Waals surface area contributed by atoms with Gasteiger partial charge in [0.2, 0.25) is 5.75 Å². The first-order chi connectivity index (χ1) is 12.7. The molecule has 1 aromatic heterocycles. The highest BCUT2D eigenvalue weighted by molar-refractivity contribution is 5.82. The highest BCUT2D eigenvalue weighted by atomic mass is 16.5. The summed E-state index contributed by atoms with van der Waals surface area (Å²) >= 11 is 0. The van der Waals surface area contributed by atoms with Crippen molar-refractivity contribution in [2.75, 3.05) is 28.4 Å². The van der Waals surface area contributed by atoms with Crippen molar-refractivity contribution in [1.82, 2.24) is 10.2 Å². The van der Waals surface area contributed by atoms with Crippen molar-refractivity contribution < 1.29 is 18.9 Å². The summed E-state index contributed by atoms with van der Waals surface area (Å²) in [5.41, 5.74) is 3.48. The first-order valence-electron chi connectivity index (χ1n) is 7.98. The fourth-order valence-corrected chi connectivity index (χ4v) is 2.77. The molecule has 0 aliphatic rings. The molecule has 0 amide bonds. The number of methoxy groups -OCH3 is 4. The SMILES string of the molecule is COc1ccc(-c2ccnnc2-c2cc(OC)c(OC)c(OC)c2)cc1. The average Bonchev–Trinajstić information content (AvgIpc) is 2.72. The zero-order valence-corrected chi connectivity index (χ0v) is 15.1. The molecule has 6 heteroatoms. The van der Waals surface area contributed by atoms with Crippen LogP contribution in [0.15, 0.2) is 48.7 Å². The number of aromatic nitrogens is 2. The van der Waals surface area contributed by atoms with E-state index in [0.717, 1.165) is 28.1 Å². The molecule has 0 saturated heterocycles. The number of hydrogen-bond donors (Lipinski definition) is 0. The largest absolute Gasteiger partial charge is 0.497 e. The lowest BCUT2D eigenvalue weighted by atomic mass is 9.99. The van der Waals surface area contributed by atoms with E-state index in [1.165, 1.54) is 0 Å². The molecule has 0 atom stereocenters. The molecule has 26 heavy (non-hydrogen) atoms. The lowest BCUT2D eigenvalue weighted by Gasteiger charge is -2.15. The Morgan fingerprint density at radius 1 is 0.692 bits per heavy atom. The summed E-state index contributed by atoms with van der Waals surface area (Å²) in [6.45, 7) is 0. The van der Waals surface area contributed by atoms with Gasteiger partial charge in [-0.25, -0.2) is 0 Å². The van der Waals surface area contributed by atoms with Gasteiger partial charge < -0.3 is 18.9 Å². The third-order valence-electron chi connectivity index (χ3n) is 4.06. The van der Waals surface area contributed by atoms with E-state index in [0.29, 0.717) is 17.2 Å². The van der Waals surface area contributed by atoms with Crippen molar-refractivity contribution in [1.29, 1.82) is 0 Å². The summed E-state index contributed by atoms with van der Waals surface area (Å²) in [6, 6.07) is 13.4. The Morgan fingerprint density at radius 2 is 1.35 bits per heavy atom. The maximum Gasteiger partial charge on any atom is 0.203 e. The third-order valence-corrected chi connectivity index (χ3v) is 4.06. The van der Waals surface area contributed by atoms with Gasteiger partial charge in [-0.15, -0.1) is 5.10 Å². The molecule has 6 nitrogen and oxygen atoms in total. The summed E-state index contributed by atoms with van der Waals surface area (Å²) < 4.78 is 21.5. The summed E-state index contributed by atoms with van der Waals surface area (Å²) in [4.78, 5) is 0. The van der Waals surface area contributed by atoms with Gasteiger partial charge in [-0.05, 0) is 35.9 Å². The van der Waals surface area contributed by atoms with Crippen LogP contribution in [0.5, 0.6) is 23.0 Å². The predicted octanol–water partition coefficient (Wildman–Crippen LogP) is 3.85. The number of hydrogen-bond acceptors (Lipinski definition) is 6. The Bertz CT molecular complexity index is 870. The molecule has 0 radical (unpaired) electrons. The van der Waals surface area contributed by atoms with Crippen molar-refractivity contribution >= 4 is 0 Å². The van der Waals surface area contributed by atoms with Gasteiger partial charge in [0.1, 0.15) is 11.4 Å². The second kappa shape index (κ2) is 7.74. The smallest absolute Gasteiger partial charge is 0.203 e. The topological polar surface area (TPSA) is 62.7 Å². The number of ether oxygens (including phenoxy) is 4. The summed E-state index contributed by atoms with van der Waals surface area (Å²) in [5, 5.41) is 8.39. The molecular weight excluding hydrogens is 332 g/mol. The number of rotatable bonds is 6. The summed E-state index contributed by atoms with van der Waals surface area (Å²) in [6.07, 6.45) is 1.67. The third kappa shape index (κ3) is 3.26. The molecule has 0 aliphatic carbocycles. The van der Waals surface area contributed by atoms with Crippen LogP contribution < -0.4 is 18.9 Å². The Labute approximate surface area is 152 Å². The molecule has 0 N–H and O–H groups in total. The predicted molar refractivity (Wildman–Crippen MR) is 99.1 cm³/mol.